The largest absolute Gasteiger partial charge is 0.393 e. The Balaban J connectivity index is 1.76. The van der Waals surface area contributed by atoms with E-state index in [1.165, 1.54) is 24.2 Å². The van der Waals surface area contributed by atoms with Crippen molar-refractivity contribution in [2.45, 2.75) is 58.5 Å². The van der Waals surface area contributed by atoms with E-state index in [0.29, 0.717) is 11.7 Å². The first-order valence-corrected chi connectivity index (χ1v) is 9.42. The van der Waals surface area contributed by atoms with Crippen molar-refractivity contribution in [3.63, 3.8) is 0 Å². The van der Waals surface area contributed by atoms with Crippen molar-refractivity contribution < 1.29 is 9.90 Å². The average molecular weight is 340 g/mol. The highest BCUT2D eigenvalue weighted by Crippen LogP contribution is 2.20. The second kappa shape index (κ2) is 9.30. The number of likely N-dealkylation sites (tertiary alicyclic amines) is 1. The van der Waals surface area contributed by atoms with Gasteiger partial charge in [-0.3, -0.25) is 15.0 Å². The van der Waals surface area contributed by atoms with Crippen LogP contribution in [0.3, 0.4) is 0 Å². The Labute approximate surface area is 142 Å². The maximum Gasteiger partial charge on any atom is 0.240 e. The molecule has 1 fully saturated rings. The third-order valence-electron chi connectivity index (χ3n) is 4.30. The Morgan fingerprint density at radius 1 is 1.48 bits per heavy atom. The number of aliphatic hydroxyl groups excluding tert-OH is 1. The number of carbonyl (C=O) groups excluding carboxylic acids is 1. The number of piperidine rings is 1. The zero-order valence-electron chi connectivity index (χ0n) is 14.1. The number of aromatic nitrogens is 2. The number of nitrogens with one attached hydrogen (secondary N) is 1. The molecule has 2 N–H and O–H groups in total. The number of unbranched alkanes of at least 4 members (excludes halogenated alkanes) is 2. The van der Waals surface area contributed by atoms with Gasteiger partial charge in [-0.1, -0.05) is 31.1 Å². The van der Waals surface area contributed by atoms with Gasteiger partial charge in [0.25, 0.3) is 0 Å². The van der Waals surface area contributed by atoms with Gasteiger partial charge in [0.2, 0.25) is 11.0 Å². The van der Waals surface area contributed by atoms with Crippen molar-refractivity contribution in [3.8, 4) is 0 Å². The lowest BCUT2D eigenvalue weighted by molar-refractivity contribution is -0.118. The van der Waals surface area contributed by atoms with Gasteiger partial charge in [-0.2, -0.15) is 0 Å². The SMILES string of the molecule is CCCCCc1nnc(NC(=O)CN2CCCC(C(C)O)C2)s1. The van der Waals surface area contributed by atoms with Crippen LogP contribution in [-0.4, -0.2) is 51.8 Å². The number of nitrogens with zero attached hydrogens (tertiary/aromatic N) is 3. The molecule has 1 aliphatic rings. The van der Waals surface area contributed by atoms with E-state index < -0.39 is 0 Å². The minimum absolute atomic E-state index is 0.0486. The molecule has 23 heavy (non-hydrogen) atoms. The molecule has 6 nitrogen and oxygen atoms in total. The number of hydrogen-bond acceptors (Lipinski definition) is 6. The maximum absolute atomic E-state index is 12.2. The van der Waals surface area contributed by atoms with E-state index in [4.69, 9.17) is 0 Å². The minimum atomic E-state index is -0.310. The lowest BCUT2D eigenvalue weighted by atomic mass is 9.93. The third-order valence-corrected chi connectivity index (χ3v) is 5.20. The molecule has 0 spiro atoms. The molecule has 1 saturated heterocycles. The van der Waals surface area contributed by atoms with Crippen LogP contribution in [0, 0.1) is 5.92 Å². The molecular weight excluding hydrogens is 312 g/mol. The lowest BCUT2D eigenvalue weighted by Crippen LogP contribution is -2.43. The van der Waals surface area contributed by atoms with Crippen molar-refractivity contribution in [1.29, 1.82) is 0 Å². The normalized spacial score (nSPS) is 20.4. The average Bonchev–Trinajstić information content (AvgIpc) is 2.95. The number of rotatable bonds is 8. The molecule has 1 aliphatic heterocycles. The molecule has 7 heteroatoms. The summed E-state index contributed by atoms with van der Waals surface area (Å²) < 4.78 is 0. The second-order valence-electron chi connectivity index (χ2n) is 6.38. The second-order valence-corrected chi connectivity index (χ2v) is 7.45. The van der Waals surface area contributed by atoms with Gasteiger partial charge < -0.3 is 5.11 Å². The van der Waals surface area contributed by atoms with E-state index in [1.807, 2.05) is 6.92 Å². The third kappa shape index (κ3) is 6.16. The molecule has 0 saturated carbocycles. The van der Waals surface area contributed by atoms with Crippen LogP contribution >= 0.6 is 11.3 Å². The summed E-state index contributed by atoms with van der Waals surface area (Å²) in [6.07, 6.45) is 6.19. The number of aliphatic hydroxyl groups is 1. The highest BCUT2D eigenvalue weighted by molar-refractivity contribution is 7.15. The van der Waals surface area contributed by atoms with Gasteiger partial charge in [-0.25, -0.2) is 0 Å². The Morgan fingerprint density at radius 2 is 2.30 bits per heavy atom. The molecule has 0 radical (unpaired) electrons. The Kier molecular flexibility index (Phi) is 7.39. The fourth-order valence-electron chi connectivity index (χ4n) is 2.92. The first kappa shape index (κ1) is 18.3. The Morgan fingerprint density at radius 3 is 3.04 bits per heavy atom. The predicted molar refractivity (Wildman–Crippen MR) is 92.6 cm³/mol. The van der Waals surface area contributed by atoms with Crippen LogP contribution in [0.4, 0.5) is 5.13 Å². The van der Waals surface area contributed by atoms with Gasteiger partial charge in [0.1, 0.15) is 5.01 Å². The summed E-state index contributed by atoms with van der Waals surface area (Å²) in [5.74, 6) is 0.218. The molecule has 0 aromatic carbocycles. The standard InChI is InChI=1S/C16H28N4O2S/c1-3-4-5-8-15-18-19-16(23-15)17-14(22)11-20-9-6-7-13(10-20)12(2)21/h12-13,21H,3-11H2,1-2H3,(H,17,19,22). The summed E-state index contributed by atoms with van der Waals surface area (Å²) in [7, 11) is 0. The molecule has 1 aromatic rings. The van der Waals surface area contributed by atoms with E-state index in [1.54, 1.807) is 0 Å². The molecular formula is C16H28N4O2S. The first-order chi connectivity index (χ1) is 11.1. The number of carbonyl (C=O) groups is 1. The van der Waals surface area contributed by atoms with Crippen molar-refractivity contribution in [3.05, 3.63) is 5.01 Å². The molecule has 130 valence electrons. The van der Waals surface area contributed by atoms with Gasteiger partial charge in [0.05, 0.1) is 12.6 Å². The van der Waals surface area contributed by atoms with Crippen molar-refractivity contribution in [2.75, 3.05) is 25.0 Å². The maximum atomic E-state index is 12.2. The Hall–Kier alpha value is -1.05. The molecule has 2 unspecified atom stereocenters. The van der Waals surface area contributed by atoms with Gasteiger partial charge >= 0.3 is 0 Å². The van der Waals surface area contributed by atoms with Crippen molar-refractivity contribution in [1.82, 2.24) is 15.1 Å². The highest BCUT2D eigenvalue weighted by Gasteiger charge is 2.24. The predicted octanol–water partition coefficient (Wildman–Crippen LogP) is 2.30. The molecule has 1 aromatic heterocycles. The van der Waals surface area contributed by atoms with Crippen LogP contribution in [0.1, 0.15) is 51.0 Å². The van der Waals surface area contributed by atoms with E-state index in [2.05, 4.69) is 27.3 Å². The van der Waals surface area contributed by atoms with Crippen LogP contribution < -0.4 is 5.32 Å². The minimum Gasteiger partial charge on any atom is -0.393 e. The van der Waals surface area contributed by atoms with Crippen LogP contribution in [0.25, 0.3) is 0 Å². The number of amides is 1. The highest BCUT2D eigenvalue weighted by atomic mass is 32.1. The van der Waals surface area contributed by atoms with Gasteiger partial charge in [0, 0.05) is 13.0 Å². The summed E-state index contributed by atoms with van der Waals surface area (Å²) in [6.45, 7) is 6.05. The fraction of sp³-hybridized carbons (Fsp3) is 0.812. The topological polar surface area (TPSA) is 78.4 Å². The van der Waals surface area contributed by atoms with Crippen LogP contribution in [0.15, 0.2) is 0 Å². The summed E-state index contributed by atoms with van der Waals surface area (Å²) in [4.78, 5) is 14.3. The fourth-order valence-corrected chi connectivity index (χ4v) is 3.72. The molecule has 0 aliphatic carbocycles. The molecule has 2 heterocycles. The number of hydrogen-bond donors (Lipinski definition) is 2. The summed E-state index contributed by atoms with van der Waals surface area (Å²) >= 11 is 1.47. The van der Waals surface area contributed by atoms with E-state index >= 15 is 0 Å². The van der Waals surface area contributed by atoms with E-state index in [9.17, 15) is 9.90 Å². The lowest BCUT2D eigenvalue weighted by Gasteiger charge is -2.33. The van der Waals surface area contributed by atoms with E-state index in [0.717, 1.165) is 43.8 Å². The Bertz CT molecular complexity index is 492. The number of aryl methyl sites for hydroxylation is 1. The molecule has 2 rings (SSSR count). The summed E-state index contributed by atoms with van der Waals surface area (Å²) in [6, 6.07) is 0. The van der Waals surface area contributed by atoms with Gasteiger partial charge in [-0.05, 0) is 38.6 Å². The summed E-state index contributed by atoms with van der Waals surface area (Å²) in [5, 5.41) is 22.3. The molecule has 0 bridgehead atoms. The summed E-state index contributed by atoms with van der Waals surface area (Å²) in [5.41, 5.74) is 0. The van der Waals surface area contributed by atoms with Crippen molar-refractivity contribution in [2.24, 2.45) is 5.92 Å². The van der Waals surface area contributed by atoms with Crippen LogP contribution in [0.2, 0.25) is 0 Å². The van der Waals surface area contributed by atoms with Crippen LogP contribution in [0.5, 0.6) is 0 Å². The van der Waals surface area contributed by atoms with E-state index in [-0.39, 0.29) is 17.9 Å². The monoisotopic (exact) mass is 340 g/mol. The zero-order valence-corrected chi connectivity index (χ0v) is 14.9. The quantitative estimate of drug-likeness (QED) is 0.710. The number of anilines is 1. The van der Waals surface area contributed by atoms with Gasteiger partial charge in [-0.15, -0.1) is 10.2 Å². The smallest absolute Gasteiger partial charge is 0.240 e. The first-order valence-electron chi connectivity index (χ1n) is 8.61. The van der Waals surface area contributed by atoms with Crippen molar-refractivity contribution >= 4 is 22.4 Å². The molecule has 1 amide bonds. The zero-order chi connectivity index (χ0) is 16.7. The molecule has 2 atom stereocenters. The van der Waals surface area contributed by atoms with Crippen LogP contribution in [-0.2, 0) is 11.2 Å². The van der Waals surface area contributed by atoms with Gasteiger partial charge in [0.15, 0.2) is 0 Å².